The zero-order valence-electron chi connectivity index (χ0n) is 11.8. The number of hydrogen-bond acceptors (Lipinski definition) is 3. The summed E-state index contributed by atoms with van der Waals surface area (Å²) in [4.78, 5) is 15.7. The molecule has 0 aliphatic carbocycles. The van der Waals surface area contributed by atoms with Crippen molar-refractivity contribution in [2.24, 2.45) is 5.92 Å². The molecule has 0 amide bonds. The molecule has 1 aromatic carbocycles. The highest BCUT2D eigenvalue weighted by atomic mass is 16.3. The number of benzene rings is 1. The van der Waals surface area contributed by atoms with Crippen LogP contribution in [0.1, 0.15) is 37.2 Å². The largest absolute Gasteiger partial charge is 0.396 e. The van der Waals surface area contributed by atoms with Crippen LogP contribution in [-0.4, -0.2) is 27.6 Å². The van der Waals surface area contributed by atoms with Gasteiger partial charge in [0.2, 0.25) is 0 Å². The first kappa shape index (κ1) is 14.5. The molecule has 0 aliphatic heterocycles. The third kappa shape index (κ3) is 2.80. The molecule has 0 aliphatic rings. The van der Waals surface area contributed by atoms with Crippen molar-refractivity contribution in [1.29, 1.82) is 0 Å². The Labute approximate surface area is 119 Å². The smallest absolute Gasteiger partial charge is 0.127 e. The molecule has 0 saturated carbocycles. The van der Waals surface area contributed by atoms with Gasteiger partial charge in [0.05, 0.1) is 18.6 Å². The molecule has 0 spiro atoms. The fourth-order valence-electron chi connectivity index (χ4n) is 2.49. The predicted octanol–water partition coefficient (Wildman–Crippen LogP) is 2.40. The van der Waals surface area contributed by atoms with E-state index in [0.717, 1.165) is 17.7 Å². The molecular weight excluding hydrogens is 252 g/mol. The number of imidazole rings is 1. The minimum Gasteiger partial charge on any atom is -0.396 e. The number of rotatable bonds is 6. The Morgan fingerprint density at radius 3 is 2.55 bits per heavy atom. The number of carbonyl (C=O) groups is 1. The molecule has 4 heteroatoms. The highest BCUT2D eigenvalue weighted by Gasteiger charge is 2.26. The Morgan fingerprint density at radius 1 is 1.30 bits per heavy atom. The maximum absolute atomic E-state index is 11.3. The summed E-state index contributed by atoms with van der Waals surface area (Å²) in [5.74, 6) is 0.686. The lowest BCUT2D eigenvalue weighted by molar-refractivity contribution is -0.113. The Bertz CT molecular complexity index is 549. The molecule has 0 fully saturated rings. The summed E-state index contributed by atoms with van der Waals surface area (Å²) < 4.78 is 2.00. The number of carbonyl (C=O) groups excluding carboxylic acids is 1. The van der Waals surface area contributed by atoms with Crippen LogP contribution >= 0.6 is 0 Å². The van der Waals surface area contributed by atoms with Gasteiger partial charge in [0.25, 0.3) is 0 Å². The molecule has 1 heterocycles. The molecule has 2 unspecified atom stereocenters. The number of aldehydes is 1. The number of hydrogen-bond donors (Lipinski definition) is 1. The topological polar surface area (TPSA) is 55.1 Å². The SMILES string of the molecule is CC(C)c1nccn1C(c1ccccc1)C(C=O)CO. The molecular formula is C16H20N2O2. The van der Waals surface area contributed by atoms with Gasteiger partial charge in [-0.15, -0.1) is 0 Å². The second-order valence-electron chi connectivity index (χ2n) is 5.19. The third-order valence-corrected chi connectivity index (χ3v) is 3.45. The van der Waals surface area contributed by atoms with E-state index < -0.39 is 5.92 Å². The van der Waals surface area contributed by atoms with Crippen molar-refractivity contribution in [2.45, 2.75) is 25.8 Å². The lowest BCUT2D eigenvalue weighted by atomic mass is 9.94. The van der Waals surface area contributed by atoms with E-state index in [1.807, 2.05) is 41.1 Å². The van der Waals surface area contributed by atoms with E-state index in [-0.39, 0.29) is 18.6 Å². The summed E-state index contributed by atoms with van der Waals surface area (Å²) in [6, 6.07) is 9.54. The first-order valence-corrected chi connectivity index (χ1v) is 6.82. The second kappa shape index (κ2) is 6.48. The van der Waals surface area contributed by atoms with E-state index in [9.17, 15) is 9.90 Å². The predicted molar refractivity (Wildman–Crippen MR) is 77.5 cm³/mol. The van der Waals surface area contributed by atoms with Crippen LogP contribution < -0.4 is 0 Å². The van der Waals surface area contributed by atoms with Crippen molar-refractivity contribution >= 4 is 6.29 Å². The molecule has 2 atom stereocenters. The number of aliphatic hydroxyl groups is 1. The van der Waals surface area contributed by atoms with Crippen molar-refractivity contribution in [1.82, 2.24) is 9.55 Å². The van der Waals surface area contributed by atoms with Crippen LogP contribution in [-0.2, 0) is 4.79 Å². The highest BCUT2D eigenvalue weighted by Crippen LogP contribution is 2.29. The van der Waals surface area contributed by atoms with Gasteiger partial charge in [-0.25, -0.2) is 4.98 Å². The monoisotopic (exact) mass is 272 g/mol. The van der Waals surface area contributed by atoms with E-state index >= 15 is 0 Å². The minimum absolute atomic E-state index is 0.182. The maximum atomic E-state index is 11.3. The number of nitrogens with zero attached hydrogens (tertiary/aromatic N) is 2. The van der Waals surface area contributed by atoms with Crippen LogP contribution in [0.15, 0.2) is 42.7 Å². The van der Waals surface area contributed by atoms with E-state index in [1.165, 1.54) is 0 Å². The van der Waals surface area contributed by atoms with E-state index in [1.54, 1.807) is 6.20 Å². The van der Waals surface area contributed by atoms with Gasteiger partial charge in [0, 0.05) is 18.3 Å². The van der Waals surface area contributed by atoms with Crippen molar-refractivity contribution in [3.63, 3.8) is 0 Å². The fraction of sp³-hybridized carbons (Fsp3) is 0.375. The molecule has 4 nitrogen and oxygen atoms in total. The van der Waals surface area contributed by atoms with Crippen LogP contribution in [0.25, 0.3) is 0 Å². The van der Waals surface area contributed by atoms with Gasteiger partial charge in [0.1, 0.15) is 12.1 Å². The van der Waals surface area contributed by atoms with Gasteiger partial charge in [-0.05, 0) is 5.56 Å². The van der Waals surface area contributed by atoms with Gasteiger partial charge in [-0.1, -0.05) is 44.2 Å². The molecule has 0 saturated heterocycles. The molecule has 0 bridgehead atoms. The molecule has 20 heavy (non-hydrogen) atoms. The van der Waals surface area contributed by atoms with E-state index in [0.29, 0.717) is 0 Å². The Hall–Kier alpha value is -1.94. The number of aliphatic hydroxyl groups excluding tert-OH is 1. The summed E-state index contributed by atoms with van der Waals surface area (Å²) in [6.45, 7) is 3.95. The van der Waals surface area contributed by atoms with Gasteiger partial charge in [-0.3, -0.25) is 0 Å². The summed E-state index contributed by atoms with van der Waals surface area (Å²) in [7, 11) is 0. The first-order chi connectivity index (χ1) is 9.69. The van der Waals surface area contributed by atoms with Crippen molar-refractivity contribution in [3.8, 4) is 0 Å². The molecule has 1 aromatic heterocycles. The van der Waals surface area contributed by atoms with Gasteiger partial charge < -0.3 is 14.5 Å². The van der Waals surface area contributed by atoms with E-state index in [2.05, 4.69) is 18.8 Å². The zero-order chi connectivity index (χ0) is 14.5. The van der Waals surface area contributed by atoms with Crippen LogP contribution in [0.4, 0.5) is 0 Å². The standard InChI is InChI=1S/C16H20N2O2/c1-12(2)16-17-8-9-18(16)15(14(10-19)11-20)13-6-4-3-5-7-13/h3-10,12,14-15,20H,11H2,1-2H3. The van der Waals surface area contributed by atoms with Gasteiger partial charge in [0.15, 0.2) is 0 Å². The minimum atomic E-state index is -0.482. The third-order valence-electron chi connectivity index (χ3n) is 3.45. The normalized spacial score (nSPS) is 14.2. The second-order valence-corrected chi connectivity index (χ2v) is 5.19. The summed E-state index contributed by atoms with van der Waals surface area (Å²) in [6.07, 6.45) is 4.44. The average molecular weight is 272 g/mol. The van der Waals surface area contributed by atoms with Crippen molar-refractivity contribution < 1.29 is 9.90 Å². The Morgan fingerprint density at radius 2 is 2.00 bits per heavy atom. The summed E-state index contributed by atoms with van der Waals surface area (Å²) in [5.41, 5.74) is 0.999. The molecule has 1 N–H and O–H groups in total. The fourth-order valence-corrected chi connectivity index (χ4v) is 2.49. The highest BCUT2D eigenvalue weighted by molar-refractivity contribution is 5.56. The van der Waals surface area contributed by atoms with Gasteiger partial charge >= 0.3 is 0 Å². The lowest BCUT2D eigenvalue weighted by Gasteiger charge is -2.26. The molecule has 0 radical (unpaired) electrons. The first-order valence-electron chi connectivity index (χ1n) is 6.82. The van der Waals surface area contributed by atoms with Gasteiger partial charge in [-0.2, -0.15) is 0 Å². The molecule has 2 rings (SSSR count). The van der Waals surface area contributed by atoms with Crippen molar-refractivity contribution in [2.75, 3.05) is 6.61 Å². The quantitative estimate of drug-likeness (QED) is 0.822. The van der Waals surface area contributed by atoms with Crippen molar-refractivity contribution in [3.05, 3.63) is 54.1 Å². The zero-order valence-corrected chi connectivity index (χ0v) is 11.8. The summed E-state index contributed by atoms with van der Waals surface area (Å²) >= 11 is 0. The Kier molecular flexibility index (Phi) is 4.69. The average Bonchev–Trinajstić information content (AvgIpc) is 2.94. The van der Waals surface area contributed by atoms with E-state index in [4.69, 9.17) is 0 Å². The number of aromatic nitrogens is 2. The molecule has 106 valence electrons. The molecule has 2 aromatic rings. The Balaban J connectivity index is 2.52. The lowest BCUT2D eigenvalue weighted by Crippen LogP contribution is -2.26. The van der Waals surface area contributed by atoms with Crippen LogP contribution in [0, 0.1) is 5.92 Å². The van der Waals surface area contributed by atoms with Crippen LogP contribution in [0.5, 0.6) is 0 Å². The van der Waals surface area contributed by atoms with Crippen LogP contribution in [0.2, 0.25) is 0 Å². The summed E-state index contributed by atoms with van der Waals surface area (Å²) in [5, 5.41) is 9.52. The van der Waals surface area contributed by atoms with Crippen LogP contribution in [0.3, 0.4) is 0 Å². The maximum Gasteiger partial charge on any atom is 0.127 e.